The minimum atomic E-state index is 0.412. The van der Waals surface area contributed by atoms with Crippen LogP contribution in [0.4, 0.5) is 0 Å². The predicted molar refractivity (Wildman–Crippen MR) is 72.1 cm³/mol. The van der Waals surface area contributed by atoms with Crippen LogP contribution in [-0.2, 0) is 19.9 Å². The maximum absolute atomic E-state index is 5.87. The van der Waals surface area contributed by atoms with E-state index >= 15 is 0 Å². The van der Waals surface area contributed by atoms with Crippen molar-refractivity contribution in [3.63, 3.8) is 0 Å². The van der Waals surface area contributed by atoms with Crippen LogP contribution in [-0.4, -0.2) is 21.3 Å². The Balaban J connectivity index is 2.04. The zero-order valence-electron chi connectivity index (χ0n) is 11.0. The molecule has 4 nitrogen and oxygen atoms in total. The Morgan fingerprint density at radius 3 is 2.78 bits per heavy atom. The van der Waals surface area contributed by atoms with Gasteiger partial charge in [-0.25, -0.2) is 4.98 Å². The van der Waals surface area contributed by atoms with Crippen molar-refractivity contribution in [3.05, 3.63) is 47.5 Å². The lowest BCUT2D eigenvalue weighted by Crippen LogP contribution is -2.21. The molecule has 4 heteroatoms. The molecule has 18 heavy (non-hydrogen) atoms. The molecule has 1 unspecified atom stereocenters. The predicted octanol–water partition coefficient (Wildman–Crippen LogP) is 1.48. The van der Waals surface area contributed by atoms with Crippen molar-refractivity contribution < 1.29 is 0 Å². The van der Waals surface area contributed by atoms with Gasteiger partial charge in [0.15, 0.2) is 0 Å². The molecule has 2 aromatic rings. The summed E-state index contributed by atoms with van der Waals surface area (Å²) in [5, 5.41) is 4.09. The average Bonchev–Trinajstić information content (AvgIpc) is 2.74. The molecule has 0 bridgehead atoms. The molecular formula is C14H20N4. The molecule has 1 atom stereocenters. The summed E-state index contributed by atoms with van der Waals surface area (Å²) < 4.78 is 1.82. The fourth-order valence-corrected chi connectivity index (χ4v) is 2.17. The van der Waals surface area contributed by atoms with E-state index in [0.29, 0.717) is 12.5 Å². The second-order valence-electron chi connectivity index (χ2n) is 4.80. The van der Waals surface area contributed by atoms with Crippen LogP contribution in [0, 0.1) is 12.8 Å². The number of aryl methyl sites for hydroxylation is 2. The number of nitrogens with two attached hydrogens (primary N) is 1. The van der Waals surface area contributed by atoms with E-state index < -0.39 is 0 Å². The molecule has 0 aliphatic heterocycles. The molecule has 0 saturated heterocycles. The van der Waals surface area contributed by atoms with Crippen molar-refractivity contribution in [2.24, 2.45) is 18.7 Å². The summed E-state index contributed by atoms with van der Waals surface area (Å²) in [6.07, 6.45) is 3.46. The summed E-state index contributed by atoms with van der Waals surface area (Å²) in [5.74, 6) is 1.41. The van der Waals surface area contributed by atoms with Crippen LogP contribution >= 0.6 is 0 Å². The zero-order chi connectivity index (χ0) is 13.0. The standard InChI is InChI=1S/C14H20N4/c1-11-4-3-5-12(6-11)7-13(9-15)8-14-16-10-17-18(14)2/h3-6,10,13H,7-9,15H2,1-2H3. The Morgan fingerprint density at radius 2 is 2.17 bits per heavy atom. The van der Waals surface area contributed by atoms with Crippen molar-refractivity contribution >= 4 is 0 Å². The fourth-order valence-electron chi connectivity index (χ4n) is 2.17. The molecule has 1 aromatic carbocycles. The molecule has 0 fully saturated rings. The molecule has 96 valence electrons. The maximum Gasteiger partial charge on any atom is 0.138 e. The van der Waals surface area contributed by atoms with Gasteiger partial charge in [-0.3, -0.25) is 4.68 Å². The highest BCUT2D eigenvalue weighted by molar-refractivity contribution is 5.22. The Morgan fingerprint density at radius 1 is 1.33 bits per heavy atom. The highest BCUT2D eigenvalue weighted by Gasteiger charge is 2.12. The number of benzene rings is 1. The molecule has 0 aliphatic carbocycles. The van der Waals surface area contributed by atoms with Gasteiger partial charge in [0.25, 0.3) is 0 Å². The van der Waals surface area contributed by atoms with E-state index in [0.717, 1.165) is 18.7 Å². The van der Waals surface area contributed by atoms with Crippen molar-refractivity contribution in [2.75, 3.05) is 6.54 Å². The number of aromatic nitrogens is 3. The Kier molecular flexibility index (Phi) is 4.10. The van der Waals surface area contributed by atoms with Crippen LogP contribution in [0.3, 0.4) is 0 Å². The molecule has 2 N–H and O–H groups in total. The van der Waals surface area contributed by atoms with E-state index in [1.807, 2.05) is 11.7 Å². The molecule has 2 rings (SSSR count). The Labute approximate surface area is 108 Å². The first kappa shape index (κ1) is 12.8. The summed E-state index contributed by atoms with van der Waals surface area (Å²) >= 11 is 0. The van der Waals surface area contributed by atoms with E-state index in [2.05, 4.69) is 41.3 Å². The lowest BCUT2D eigenvalue weighted by atomic mass is 9.95. The SMILES string of the molecule is Cc1cccc(CC(CN)Cc2ncnn2C)c1. The number of nitrogens with zero attached hydrogens (tertiary/aromatic N) is 3. The third-order valence-corrected chi connectivity index (χ3v) is 3.22. The molecular weight excluding hydrogens is 224 g/mol. The van der Waals surface area contributed by atoms with Crippen LogP contribution in [0.5, 0.6) is 0 Å². The number of rotatable bonds is 5. The van der Waals surface area contributed by atoms with Crippen LogP contribution in [0.1, 0.15) is 17.0 Å². The largest absolute Gasteiger partial charge is 0.330 e. The van der Waals surface area contributed by atoms with Gasteiger partial charge in [-0.15, -0.1) is 0 Å². The molecule has 1 heterocycles. The summed E-state index contributed by atoms with van der Waals surface area (Å²) in [4.78, 5) is 4.26. The number of hydrogen-bond acceptors (Lipinski definition) is 3. The quantitative estimate of drug-likeness (QED) is 0.866. The van der Waals surface area contributed by atoms with Crippen molar-refractivity contribution in [3.8, 4) is 0 Å². The van der Waals surface area contributed by atoms with E-state index in [1.54, 1.807) is 6.33 Å². The van der Waals surface area contributed by atoms with Gasteiger partial charge in [0.1, 0.15) is 12.2 Å². The third-order valence-electron chi connectivity index (χ3n) is 3.22. The first-order valence-corrected chi connectivity index (χ1v) is 6.27. The van der Waals surface area contributed by atoms with Gasteiger partial charge in [-0.05, 0) is 31.4 Å². The van der Waals surface area contributed by atoms with Gasteiger partial charge < -0.3 is 5.73 Å². The molecule has 0 saturated carbocycles. The van der Waals surface area contributed by atoms with E-state index in [9.17, 15) is 0 Å². The third kappa shape index (κ3) is 3.17. The molecule has 0 amide bonds. The van der Waals surface area contributed by atoms with Gasteiger partial charge in [0.05, 0.1) is 0 Å². The van der Waals surface area contributed by atoms with Gasteiger partial charge in [0, 0.05) is 13.5 Å². The van der Waals surface area contributed by atoms with Crippen LogP contribution < -0.4 is 5.73 Å². The van der Waals surface area contributed by atoms with E-state index in [1.165, 1.54) is 11.1 Å². The van der Waals surface area contributed by atoms with Crippen molar-refractivity contribution in [1.82, 2.24) is 14.8 Å². The van der Waals surface area contributed by atoms with Gasteiger partial charge in [-0.1, -0.05) is 29.8 Å². The zero-order valence-corrected chi connectivity index (χ0v) is 11.0. The minimum Gasteiger partial charge on any atom is -0.330 e. The molecule has 0 aliphatic rings. The second kappa shape index (κ2) is 5.78. The minimum absolute atomic E-state index is 0.412. The van der Waals surface area contributed by atoms with Crippen molar-refractivity contribution in [2.45, 2.75) is 19.8 Å². The van der Waals surface area contributed by atoms with Crippen molar-refractivity contribution in [1.29, 1.82) is 0 Å². The Bertz CT molecular complexity index is 504. The summed E-state index contributed by atoms with van der Waals surface area (Å²) in [7, 11) is 1.92. The van der Waals surface area contributed by atoms with Gasteiger partial charge >= 0.3 is 0 Å². The summed E-state index contributed by atoms with van der Waals surface area (Å²) in [6.45, 7) is 2.78. The van der Waals surface area contributed by atoms with Crippen LogP contribution in [0.2, 0.25) is 0 Å². The number of hydrogen-bond donors (Lipinski definition) is 1. The summed E-state index contributed by atoms with van der Waals surface area (Å²) in [6, 6.07) is 8.59. The first-order valence-electron chi connectivity index (χ1n) is 6.27. The summed E-state index contributed by atoms with van der Waals surface area (Å²) in [5.41, 5.74) is 8.50. The van der Waals surface area contributed by atoms with E-state index in [4.69, 9.17) is 5.73 Å². The molecule has 1 aromatic heterocycles. The van der Waals surface area contributed by atoms with E-state index in [-0.39, 0.29) is 0 Å². The Hall–Kier alpha value is -1.68. The van der Waals surface area contributed by atoms with Gasteiger partial charge in [0.2, 0.25) is 0 Å². The monoisotopic (exact) mass is 244 g/mol. The lowest BCUT2D eigenvalue weighted by Gasteiger charge is -2.14. The topological polar surface area (TPSA) is 56.7 Å². The average molecular weight is 244 g/mol. The fraction of sp³-hybridized carbons (Fsp3) is 0.429. The lowest BCUT2D eigenvalue weighted by molar-refractivity contribution is 0.503. The second-order valence-corrected chi connectivity index (χ2v) is 4.80. The smallest absolute Gasteiger partial charge is 0.138 e. The molecule has 0 radical (unpaired) electrons. The normalized spacial score (nSPS) is 12.6. The highest BCUT2D eigenvalue weighted by Crippen LogP contribution is 2.13. The first-order chi connectivity index (χ1) is 8.69. The molecule has 0 spiro atoms. The van der Waals surface area contributed by atoms with Gasteiger partial charge in [-0.2, -0.15) is 5.10 Å². The van der Waals surface area contributed by atoms with Crippen LogP contribution in [0.25, 0.3) is 0 Å². The maximum atomic E-state index is 5.87. The van der Waals surface area contributed by atoms with Crippen LogP contribution in [0.15, 0.2) is 30.6 Å². The highest BCUT2D eigenvalue weighted by atomic mass is 15.3.